The number of thioether (sulfide) groups is 1. The van der Waals surface area contributed by atoms with Crippen molar-refractivity contribution in [3.8, 4) is 0 Å². The van der Waals surface area contributed by atoms with E-state index in [4.69, 9.17) is 0 Å². The standard InChI is InChI=1S/C13H14N2O4S2/c16-12-9-20-13(17)15(12)10-6-7-14(8-10)21(18,19)11-4-2-1-3-5-11/h1-5,10H,6-9H2. The van der Waals surface area contributed by atoms with E-state index in [2.05, 4.69) is 0 Å². The number of nitrogens with zero attached hydrogens (tertiary/aromatic N) is 2. The summed E-state index contributed by atoms with van der Waals surface area (Å²) in [5, 5.41) is -0.274. The first-order valence-corrected chi connectivity index (χ1v) is 8.97. The molecule has 1 aromatic carbocycles. The van der Waals surface area contributed by atoms with Crippen molar-refractivity contribution < 1.29 is 18.0 Å². The summed E-state index contributed by atoms with van der Waals surface area (Å²) in [6.45, 7) is 0.499. The Morgan fingerprint density at radius 2 is 1.86 bits per heavy atom. The minimum Gasteiger partial charge on any atom is -0.273 e. The van der Waals surface area contributed by atoms with Crippen LogP contribution in [0.1, 0.15) is 6.42 Å². The predicted molar refractivity (Wildman–Crippen MR) is 78.3 cm³/mol. The highest BCUT2D eigenvalue weighted by Crippen LogP contribution is 2.28. The number of hydrogen-bond acceptors (Lipinski definition) is 5. The molecule has 2 heterocycles. The molecule has 0 spiro atoms. The highest BCUT2D eigenvalue weighted by atomic mass is 32.2. The highest BCUT2D eigenvalue weighted by molar-refractivity contribution is 8.14. The molecule has 1 unspecified atom stereocenters. The average molecular weight is 326 g/mol. The first-order chi connectivity index (χ1) is 10.00. The van der Waals surface area contributed by atoms with E-state index in [1.807, 2.05) is 0 Å². The zero-order chi connectivity index (χ0) is 15.0. The van der Waals surface area contributed by atoms with Crippen molar-refractivity contribution in [1.82, 2.24) is 9.21 Å². The van der Waals surface area contributed by atoms with Crippen LogP contribution in [-0.2, 0) is 14.8 Å². The molecule has 0 aliphatic carbocycles. The lowest BCUT2D eigenvalue weighted by atomic mass is 10.2. The highest BCUT2D eigenvalue weighted by Gasteiger charge is 2.42. The van der Waals surface area contributed by atoms with Gasteiger partial charge in [-0.05, 0) is 18.6 Å². The summed E-state index contributed by atoms with van der Waals surface area (Å²) >= 11 is 0.975. The smallest absolute Gasteiger partial charge is 0.273 e. The van der Waals surface area contributed by atoms with Crippen molar-refractivity contribution in [2.75, 3.05) is 18.8 Å². The van der Waals surface area contributed by atoms with E-state index in [1.165, 1.54) is 9.21 Å². The van der Waals surface area contributed by atoms with Crippen LogP contribution in [0, 0.1) is 0 Å². The van der Waals surface area contributed by atoms with E-state index in [0.29, 0.717) is 13.0 Å². The Kier molecular flexibility index (Phi) is 3.76. The fourth-order valence-corrected chi connectivity index (χ4v) is 4.89. The largest absolute Gasteiger partial charge is 0.289 e. The molecule has 2 amide bonds. The molecular weight excluding hydrogens is 312 g/mol. The third-order valence-corrected chi connectivity index (χ3v) is 6.37. The second-order valence-electron chi connectivity index (χ2n) is 4.94. The molecule has 0 N–H and O–H groups in total. The lowest BCUT2D eigenvalue weighted by Gasteiger charge is -2.21. The van der Waals surface area contributed by atoms with Crippen LogP contribution in [0.25, 0.3) is 0 Å². The van der Waals surface area contributed by atoms with Crippen LogP contribution >= 0.6 is 11.8 Å². The monoisotopic (exact) mass is 326 g/mol. The average Bonchev–Trinajstić information content (AvgIpc) is 3.07. The summed E-state index contributed by atoms with van der Waals surface area (Å²) in [5.74, 6) is -0.0743. The van der Waals surface area contributed by atoms with E-state index >= 15 is 0 Å². The normalized spacial score (nSPS) is 24.0. The summed E-state index contributed by atoms with van der Waals surface area (Å²) in [4.78, 5) is 24.9. The molecule has 2 saturated heterocycles. The molecule has 2 fully saturated rings. The number of amides is 2. The van der Waals surface area contributed by atoms with E-state index in [9.17, 15) is 18.0 Å². The molecule has 0 aromatic heterocycles. The van der Waals surface area contributed by atoms with Gasteiger partial charge in [-0.1, -0.05) is 30.0 Å². The summed E-state index contributed by atoms with van der Waals surface area (Å²) < 4.78 is 26.3. The van der Waals surface area contributed by atoms with Gasteiger partial charge in [0.05, 0.1) is 16.7 Å². The van der Waals surface area contributed by atoms with Gasteiger partial charge in [0.25, 0.3) is 5.24 Å². The molecule has 3 rings (SSSR count). The van der Waals surface area contributed by atoms with Crippen LogP contribution in [0.2, 0.25) is 0 Å². The Balaban J connectivity index is 1.78. The van der Waals surface area contributed by atoms with Crippen molar-refractivity contribution >= 4 is 32.9 Å². The Labute approximate surface area is 127 Å². The number of rotatable bonds is 3. The van der Waals surface area contributed by atoms with Gasteiger partial charge in [0.15, 0.2) is 0 Å². The molecule has 0 bridgehead atoms. The number of sulfonamides is 1. The van der Waals surface area contributed by atoms with Crippen LogP contribution in [0.15, 0.2) is 35.2 Å². The second kappa shape index (κ2) is 5.43. The van der Waals surface area contributed by atoms with Gasteiger partial charge < -0.3 is 0 Å². The summed E-state index contributed by atoms with van der Waals surface area (Å²) in [5.41, 5.74) is 0. The van der Waals surface area contributed by atoms with E-state index < -0.39 is 10.0 Å². The van der Waals surface area contributed by atoms with Gasteiger partial charge in [-0.15, -0.1) is 0 Å². The maximum absolute atomic E-state index is 12.5. The van der Waals surface area contributed by atoms with Gasteiger partial charge in [-0.2, -0.15) is 4.31 Å². The number of hydrogen-bond donors (Lipinski definition) is 0. The van der Waals surface area contributed by atoms with Crippen molar-refractivity contribution in [1.29, 1.82) is 0 Å². The van der Waals surface area contributed by atoms with Gasteiger partial charge in [0, 0.05) is 13.1 Å². The van der Waals surface area contributed by atoms with Crippen LogP contribution in [0.5, 0.6) is 0 Å². The number of carbonyl (C=O) groups excluding carboxylic acids is 2. The van der Waals surface area contributed by atoms with Crippen molar-refractivity contribution in [2.24, 2.45) is 0 Å². The molecule has 112 valence electrons. The van der Waals surface area contributed by atoms with Gasteiger partial charge in [0.1, 0.15) is 0 Å². The van der Waals surface area contributed by atoms with Crippen molar-refractivity contribution in [2.45, 2.75) is 17.4 Å². The molecule has 2 aliphatic heterocycles. The van der Waals surface area contributed by atoms with E-state index in [-0.39, 0.29) is 34.4 Å². The van der Waals surface area contributed by atoms with Crippen LogP contribution < -0.4 is 0 Å². The van der Waals surface area contributed by atoms with Crippen molar-refractivity contribution in [3.05, 3.63) is 30.3 Å². The maximum Gasteiger partial charge on any atom is 0.289 e. The number of imide groups is 1. The SMILES string of the molecule is O=C1CSC(=O)N1C1CCN(S(=O)(=O)c2ccccc2)C1. The Bertz CT molecular complexity index is 659. The van der Waals surface area contributed by atoms with Crippen molar-refractivity contribution in [3.63, 3.8) is 0 Å². The molecule has 0 radical (unpaired) electrons. The third-order valence-electron chi connectivity index (χ3n) is 3.66. The number of benzene rings is 1. The topological polar surface area (TPSA) is 74.8 Å². The lowest BCUT2D eigenvalue weighted by Crippen LogP contribution is -2.41. The lowest BCUT2D eigenvalue weighted by molar-refractivity contribution is -0.126. The third kappa shape index (κ3) is 2.58. The number of carbonyl (C=O) groups is 2. The van der Waals surface area contributed by atoms with Crippen LogP contribution in [-0.4, -0.2) is 53.7 Å². The van der Waals surface area contributed by atoms with E-state index in [1.54, 1.807) is 30.3 Å². The van der Waals surface area contributed by atoms with Crippen LogP contribution in [0.4, 0.5) is 4.79 Å². The fraction of sp³-hybridized carbons (Fsp3) is 0.385. The Hall–Kier alpha value is -1.38. The van der Waals surface area contributed by atoms with Gasteiger partial charge in [-0.25, -0.2) is 8.42 Å². The van der Waals surface area contributed by atoms with Gasteiger partial charge in [0.2, 0.25) is 15.9 Å². The molecule has 6 nitrogen and oxygen atoms in total. The summed E-state index contributed by atoms with van der Waals surface area (Å²) in [6, 6.07) is 7.84. The van der Waals surface area contributed by atoms with Gasteiger partial charge >= 0.3 is 0 Å². The summed E-state index contributed by atoms with van der Waals surface area (Å²) in [6.07, 6.45) is 0.490. The minimum absolute atomic E-state index is 0.154. The van der Waals surface area contributed by atoms with E-state index in [0.717, 1.165) is 11.8 Å². The molecule has 2 aliphatic rings. The molecular formula is C13H14N2O4S2. The quantitative estimate of drug-likeness (QED) is 0.833. The zero-order valence-corrected chi connectivity index (χ0v) is 12.8. The summed E-state index contributed by atoms with van der Waals surface area (Å²) in [7, 11) is -3.56. The molecule has 0 saturated carbocycles. The minimum atomic E-state index is -3.56. The predicted octanol–water partition coefficient (Wildman–Crippen LogP) is 1.15. The Morgan fingerprint density at radius 1 is 1.14 bits per heavy atom. The first-order valence-electron chi connectivity index (χ1n) is 6.54. The first kappa shape index (κ1) is 14.6. The molecule has 1 atom stereocenters. The molecule has 21 heavy (non-hydrogen) atoms. The molecule has 1 aromatic rings. The second-order valence-corrected chi connectivity index (χ2v) is 7.80. The Morgan fingerprint density at radius 3 is 2.48 bits per heavy atom. The van der Waals surface area contributed by atoms with Crippen LogP contribution in [0.3, 0.4) is 0 Å². The zero-order valence-electron chi connectivity index (χ0n) is 11.1. The fourth-order valence-electron chi connectivity index (χ4n) is 2.60. The maximum atomic E-state index is 12.5. The molecule has 8 heteroatoms. The van der Waals surface area contributed by atoms with Gasteiger partial charge in [-0.3, -0.25) is 14.5 Å².